The summed E-state index contributed by atoms with van der Waals surface area (Å²) < 4.78 is 9.99. The first-order chi connectivity index (χ1) is 7.15. The minimum absolute atomic E-state index is 0.104. The van der Waals surface area contributed by atoms with Gasteiger partial charge in [0.1, 0.15) is 0 Å². The fourth-order valence-corrected chi connectivity index (χ4v) is 1.26. The molecule has 0 saturated carbocycles. The second kappa shape index (κ2) is 4.54. The molecule has 0 atom stereocenters. The van der Waals surface area contributed by atoms with Crippen LogP contribution in [0.5, 0.6) is 17.2 Å². The maximum absolute atomic E-state index is 9.81. The SMILES string of the molecule is COc1ccc(/C(C)=N/O)c(O)c1OC. The molecule has 0 unspecified atom stereocenters. The largest absolute Gasteiger partial charge is 0.504 e. The summed E-state index contributed by atoms with van der Waals surface area (Å²) in [5.41, 5.74) is 0.698. The average Bonchev–Trinajstić information content (AvgIpc) is 2.27. The summed E-state index contributed by atoms with van der Waals surface area (Å²) in [5.74, 6) is 0.537. The first-order valence-electron chi connectivity index (χ1n) is 4.28. The van der Waals surface area contributed by atoms with Gasteiger partial charge >= 0.3 is 0 Å². The summed E-state index contributed by atoms with van der Waals surface area (Å²) in [6.45, 7) is 1.57. The molecule has 2 N–H and O–H groups in total. The van der Waals surface area contributed by atoms with E-state index in [0.717, 1.165) is 0 Å². The Morgan fingerprint density at radius 3 is 2.40 bits per heavy atom. The van der Waals surface area contributed by atoms with Gasteiger partial charge in [0.05, 0.1) is 19.9 Å². The zero-order chi connectivity index (χ0) is 11.4. The maximum atomic E-state index is 9.81. The predicted molar refractivity (Wildman–Crippen MR) is 55.2 cm³/mol. The van der Waals surface area contributed by atoms with Crippen molar-refractivity contribution in [2.45, 2.75) is 6.92 Å². The second-order valence-corrected chi connectivity index (χ2v) is 2.88. The lowest BCUT2D eigenvalue weighted by Gasteiger charge is -2.11. The molecular weight excluding hydrogens is 198 g/mol. The molecule has 0 spiro atoms. The standard InChI is InChI=1S/C10H13NO4/c1-6(11-13)7-4-5-8(14-2)10(15-3)9(7)12/h4-5,12-13H,1-3H3/b11-6+. The van der Waals surface area contributed by atoms with E-state index in [2.05, 4.69) is 5.16 Å². The molecule has 0 aliphatic rings. The van der Waals surface area contributed by atoms with Gasteiger partial charge < -0.3 is 19.8 Å². The number of rotatable bonds is 3. The number of nitrogens with zero attached hydrogens (tertiary/aromatic N) is 1. The van der Waals surface area contributed by atoms with Crippen LogP contribution in [-0.4, -0.2) is 30.2 Å². The molecule has 0 saturated heterocycles. The highest BCUT2D eigenvalue weighted by Gasteiger charge is 2.15. The van der Waals surface area contributed by atoms with E-state index in [1.54, 1.807) is 19.1 Å². The fourth-order valence-electron chi connectivity index (χ4n) is 1.26. The van der Waals surface area contributed by atoms with E-state index >= 15 is 0 Å². The molecule has 15 heavy (non-hydrogen) atoms. The molecule has 5 heteroatoms. The van der Waals surface area contributed by atoms with Gasteiger partial charge in [0.15, 0.2) is 11.5 Å². The van der Waals surface area contributed by atoms with Crippen molar-refractivity contribution in [3.63, 3.8) is 0 Å². The predicted octanol–water partition coefficient (Wildman–Crippen LogP) is 1.61. The van der Waals surface area contributed by atoms with E-state index in [4.69, 9.17) is 14.7 Å². The highest BCUT2D eigenvalue weighted by Crippen LogP contribution is 2.38. The number of hydrogen-bond donors (Lipinski definition) is 2. The number of aromatic hydroxyl groups is 1. The van der Waals surface area contributed by atoms with Crippen LogP contribution in [0.3, 0.4) is 0 Å². The fraction of sp³-hybridized carbons (Fsp3) is 0.300. The van der Waals surface area contributed by atoms with E-state index in [0.29, 0.717) is 17.0 Å². The molecule has 0 heterocycles. The lowest BCUT2D eigenvalue weighted by Crippen LogP contribution is -1.98. The van der Waals surface area contributed by atoms with Gasteiger partial charge in [0, 0.05) is 5.56 Å². The Labute approximate surface area is 87.6 Å². The highest BCUT2D eigenvalue weighted by atomic mass is 16.5. The van der Waals surface area contributed by atoms with Crippen molar-refractivity contribution in [3.05, 3.63) is 17.7 Å². The molecule has 1 aromatic rings. The molecule has 1 aromatic carbocycles. The van der Waals surface area contributed by atoms with Gasteiger partial charge in [-0.05, 0) is 19.1 Å². The first-order valence-corrected chi connectivity index (χ1v) is 4.28. The normalized spacial score (nSPS) is 11.3. The number of ether oxygens (including phenoxy) is 2. The minimum Gasteiger partial charge on any atom is -0.504 e. The number of phenolic OH excluding ortho intramolecular Hbond substituents is 1. The molecule has 0 amide bonds. The number of oxime groups is 1. The number of phenols is 1. The average molecular weight is 211 g/mol. The highest BCUT2D eigenvalue weighted by molar-refractivity contribution is 6.01. The molecule has 82 valence electrons. The Bertz CT molecular complexity index is 387. The quantitative estimate of drug-likeness (QED) is 0.452. The van der Waals surface area contributed by atoms with Gasteiger partial charge in [-0.2, -0.15) is 0 Å². The molecule has 0 fully saturated rings. The van der Waals surface area contributed by atoms with E-state index in [1.807, 2.05) is 0 Å². The summed E-state index contributed by atoms with van der Waals surface area (Å²) >= 11 is 0. The third-order valence-corrected chi connectivity index (χ3v) is 2.06. The molecule has 0 aliphatic carbocycles. The Morgan fingerprint density at radius 2 is 1.93 bits per heavy atom. The Kier molecular flexibility index (Phi) is 3.38. The van der Waals surface area contributed by atoms with Crippen molar-refractivity contribution in [2.24, 2.45) is 5.16 Å². The van der Waals surface area contributed by atoms with Gasteiger partial charge in [-0.15, -0.1) is 0 Å². The maximum Gasteiger partial charge on any atom is 0.203 e. The first kappa shape index (κ1) is 11.2. The summed E-state index contributed by atoms with van der Waals surface area (Å²) in [6.07, 6.45) is 0. The molecule has 0 bridgehead atoms. The molecule has 0 radical (unpaired) electrons. The smallest absolute Gasteiger partial charge is 0.203 e. The van der Waals surface area contributed by atoms with Crippen LogP contribution in [0, 0.1) is 0 Å². The zero-order valence-corrected chi connectivity index (χ0v) is 8.81. The number of benzene rings is 1. The van der Waals surface area contributed by atoms with E-state index in [9.17, 15) is 5.11 Å². The lowest BCUT2D eigenvalue weighted by molar-refractivity contribution is 0.317. The number of hydrogen-bond acceptors (Lipinski definition) is 5. The van der Waals surface area contributed by atoms with Gasteiger partial charge in [0.2, 0.25) is 5.75 Å². The van der Waals surface area contributed by atoms with Crippen LogP contribution in [0.15, 0.2) is 17.3 Å². The van der Waals surface area contributed by atoms with Crippen molar-refractivity contribution in [2.75, 3.05) is 14.2 Å². The third-order valence-electron chi connectivity index (χ3n) is 2.06. The van der Waals surface area contributed by atoms with Crippen LogP contribution >= 0.6 is 0 Å². The van der Waals surface area contributed by atoms with Gasteiger partial charge in [-0.25, -0.2) is 0 Å². The Hall–Kier alpha value is -1.91. The lowest BCUT2D eigenvalue weighted by atomic mass is 10.1. The van der Waals surface area contributed by atoms with Gasteiger partial charge in [-0.3, -0.25) is 0 Å². The molecular formula is C10H13NO4. The summed E-state index contributed by atoms with van der Waals surface area (Å²) in [5, 5.41) is 21.4. The summed E-state index contributed by atoms with van der Waals surface area (Å²) in [4.78, 5) is 0. The van der Waals surface area contributed by atoms with Crippen LogP contribution in [0.4, 0.5) is 0 Å². The van der Waals surface area contributed by atoms with E-state index in [1.165, 1.54) is 14.2 Å². The van der Waals surface area contributed by atoms with Crippen LogP contribution in [-0.2, 0) is 0 Å². The van der Waals surface area contributed by atoms with E-state index < -0.39 is 0 Å². The van der Waals surface area contributed by atoms with Crippen molar-refractivity contribution < 1.29 is 19.8 Å². The van der Waals surface area contributed by atoms with Crippen molar-refractivity contribution in [1.82, 2.24) is 0 Å². The number of methoxy groups -OCH3 is 2. The molecule has 0 aliphatic heterocycles. The monoisotopic (exact) mass is 211 g/mol. The Balaban J connectivity index is 3.35. The van der Waals surface area contributed by atoms with Gasteiger partial charge in [-0.1, -0.05) is 5.16 Å². The van der Waals surface area contributed by atoms with Crippen LogP contribution < -0.4 is 9.47 Å². The summed E-state index contributed by atoms with van der Waals surface area (Å²) in [6, 6.07) is 3.22. The van der Waals surface area contributed by atoms with Crippen LogP contribution in [0.1, 0.15) is 12.5 Å². The van der Waals surface area contributed by atoms with E-state index in [-0.39, 0.29) is 11.5 Å². The van der Waals surface area contributed by atoms with Gasteiger partial charge in [0.25, 0.3) is 0 Å². The summed E-state index contributed by atoms with van der Waals surface area (Å²) in [7, 11) is 2.90. The van der Waals surface area contributed by atoms with Crippen molar-refractivity contribution >= 4 is 5.71 Å². The third kappa shape index (κ3) is 1.96. The molecule has 1 rings (SSSR count). The van der Waals surface area contributed by atoms with Crippen molar-refractivity contribution in [1.29, 1.82) is 0 Å². The zero-order valence-electron chi connectivity index (χ0n) is 8.81. The topological polar surface area (TPSA) is 71.3 Å². The second-order valence-electron chi connectivity index (χ2n) is 2.88. The van der Waals surface area contributed by atoms with Crippen LogP contribution in [0.25, 0.3) is 0 Å². The molecule has 0 aromatic heterocycles. The van der Waals surface area contributed by atoms with Crippen molar-refractivity contribution in [3.8, 4) is 17.2 Å². The molecule has 5 nitrogen and oxygen atoms in total. The minimum atomic E-state index is -0.104. The van der Waals surface area contributed by atoms with Crippen LogP contribution in [0.2, 0.25) is 0 Å². The Morgan fingerprint density at radius 1 is 1.27 bits per heavy atom.